The summed E-state index contributed by atoms with van der Waals surface area (Å²) in [6, 6.07) is 10.2. The molecule has 6 heteroatoms. The van der Waals surface area contributed by atoms with Crippen molar-refractivity contribution in [3.8, 4) is 0 Å². The fourth-order valence-corrected chi connectivity index (χ4v) is 4.31. The van der Waals surface area contributed by atoms with Crippen LogP contribution in [0.2, 0.25) is 0 Å². The molecular formula is C20H28BrNO4. The van der Waals surface area contributed by atoms with Crippen LogP contribution in [-0.2, 0) is 25.6 Å². The fraction of sp³-hybridized carbons (Fsp3) is 0.650. The minimum atomic E-state index is -0.421. The molecule has 2 aliphatic rings. The third-order valence-electron chi connectivity index (χ3n) is 5.02. The number of carbonyl (C=O) groups is 1. The first-order chi connectivity index (χ1) is 12.5. The monoisotopic (exact) mass is 425 g/mol. The number of rotatable bonds is 7. The molecule has 5 atom stereocenters. The average Bonchev–Trinajstić information content (AvgIpc) is 2.89. The molecule has 1 aromatic rings. The highest BCUT2D eigenvalue weighted by Crippen LogP contribution is 2.37. The number of fused-ring (bicyclic) bond motifs is 2. The summed E-state index contributed by atoms with van der Waals surface area (Å²) in [5, 5.41) is 0. The molecule has 2 saturated heterocycles. The molecular weight excluding hydrogens is 398 g/mol. The van der Waals surface area contributed by atoms with Crippen molar-refractivity contribution in [1.29, 1.82) is 0 Å². The first-order valence-corrected chi connectivity index (χ1v) is 10.2. The fourth-order valence-electron chi connectivity index (χ4n) is 3.60. The van der Waals surface area contributed by atoms with Crippen molar-refractivity contribution in [2.75, 3.05) is 20.7 Å². The van der Waals surface area contributed by atoms with Crippen LogP contribution in [-0.4, -0.2) is 60.8 Å². The van der Waals surface area contributed by atoms with Gasteiger partial charge in [0, 0.05) is 32.0 Å². The number of benzene rings is 1. The number of alkyl halides is 1. The molecule has 26 heavy (non-hydrogen) atoms. The molecule has 144 valence electrons. The van der Waals surface area contributed by atoms with Gasteiger partial charge in [0.1, 0.15) is 6.10 Å². The Kier molecular flexibility index (Phi) is 7.09. The van der Waals surface area contributed by atoms with Gasteiger partial charge >= 0.3 is 0 Å². The van der Waals surface area contributed by atoms with Gasteiger partial charge in [0.15, 0.2) is 0 Å². The van der Waals surface area contributed by atoms with Gasteiger partial charge in [0.05, 0.1) is 24.9 Å². The summed E-state index contributed by atoms with van der Waals surface area (Å²) in [4.78, 5) is 14.3. The van der Waals surface area contributed by atoms with E-state index >= 15 is 0 Å². The van der Waals surface area contributed by atoms with Crippen molar-refractivity contribution < 1.29 is 19.0 Å². The normalized spacial score (nSPS) is 30.8. The lowest BCUT2D eigenvalue weighted by molar-refractivity contribution is -0.147. The number of carbonyl (C=O) groups excluding carboxylic acids is 1. The van der Waals surface area contributed by atoms with Crippen molar-refractivity contribution in [3.05, 3.63) is 35.9 Å². The molecule has 2 bridgehead atoms. The van der Waals surface area contributed by atoms with Crippen LogP contribution in [0.25, 0.3) is 0 Å². The predicted octanol–water partition coefficient (Wildman–Crippen LogP) is 3.15. The molecule has 0 aliphatic carbocycles. The van der Waals surface area contributed by atoms with Gasteiger partial charge in [-0.3, -0.25) is 4.79 Å². The Balaban J connectivity index is 1.49. The van der Waals surface area contributed by atoms with Crippen LogP contribution in [0.1, 0.15) is 31.2 Å². The van der Waals surface area contributed by atoms with E-state index in [1.165, 1.54) is 5.56 Å². The number of ether oxygens (including phenoxy) is 3. The summed E-state index contributed by atoms with van der Waals surface area (Å²) in [5.74, 6) is 0.0196. The second kappa shape index (κ2) is 9.31. The Hall–Kier alpha value is -0.950. The van der Waals surface area contributed by atoms with E-state index in [1.807, 2.05) is 18.2 Å². The van der Waals surface area contributed by atoms with Gasteiger partial charge in [0.2, 0.25) is 0 Å². The number of nitrogens with zero attached hydrogens (tertiary/aromatic N) is 1. The van der Waals surface area contributed by atoms with Gasteiger partial charge in [-0.1, -0.05) is 46.3 Å². The molecule has 1 aromatic carbocycles. The maximum atomic E-state index is 12.4. The van der Waals surface area contributed by atoms with Crippen molar-refractivity contribution in [3.63, 3.8) is 0 Å². The molecule has 2 heterocycles. The van der Waals surface area contributed by atoms with Gasteiger partial charge in [-0.05, 0) is 24.8 Å². The highest BCUT2D eigenvalue weighted by Gasteiger charge is 2.45. The molecule has 0 radical (unpaired) electrons. The third kappa shape index (κ3) is 5.06. The van der Waals surface area contributed by atoms with E-state index in [4.69, 9.17) is 14.2 Å². The van der Waals surface area contributed by atoms with Crippen molar-refractivity contribution in [2.24, 2.45) is 0 Å². The van der Waals surface area contributed by atoms with Crippen LogP contribution >= 0.6 is 15.9 Å². The molecule has 0 aromatic heterocycles. The van der Waals surface area contributed by atoms with Crippen LogP contribution in [0, 0.1) is 0 Å². The standard InChI is InChI=1S/C20H28BrNO4/c1-22(2)20(23)19-12-17-15(21)11-18(26-17)16(25-19)9-6-10-24-13-14-7-4-3-5-8-14/h3-5,7-8,15-19H,6,9-13H2,1-2H3/t15-,16-,17-,18-,19-/m0/s1. The lowest BCUT2D eigenvalue weighted by atomic mass is 10.0. The largest absolute Gasteiger partial charge is 0.377 e. The SMILES string of the molecule is CN(C)C(=O)[C@@H]1C[C@@H]2O[C@@H](C[C@@H]2Br)[C@H](CCCOCc2ccccc2)O1. The molecule has 2 fully saturated rings. The van der Waals surface area contributed by atoms with E-state index in [0.29, 0.717) is 24.5 Å². The Labute approximate surface area is 164 Å². The van der Waals surface area contributed by atoms with Crippen LogP contribution < -0.4 is 0 Å². The number of amides is 1. The van der Waals surface area contributed by atoms with Crippen molar-refractivity contribution in [1.82, 2.24) is 4.90 Å². The average molecular weight is 426 g/mol. The second-order valence-corrected chi connectivity index (χ2v) is 8.45. The molecule has 0 unspecified atom stereocenters. The molecule has 0 saturated carbocycles. The van der Waals surface area contributed by atoms with E-state index < -0.39 is 6.10 Å². The first-order valence-electron chi connectivity index (χ1n) is 9.32. The zero-order valence-corrected chi connectivity index (χ0v) is 17.1. The van der Waals surface area contributed by atoms with E-state index in [0.717, 1.165) is 19.3 Å². The quantitative estimate of drug-likeness (QED) is 0.497. The zero-order chi connectivity index (χ0) is 18.5. The number of likely N-dealkylation sites (N-methyl/N-ethyl adjacent to an activating group) is 1. The van der Waals surface area contributed by atoms with Gasteiger partial charge in [-0.25, -0.2) is 0 Å². The number of halogens is 1. The lowest BCUT2D eigenvalue weighted by Crippen LogP contribution is -2.41. The van der Waals surface area contributed by atoms with Crippen LogP contribution in [0.15, 0.2) is 30.3 Å². The van der Waals surface area contributed by atoms with Crippen molar-refractivity contribution >= 4 is 21.8 Å². The topological polar surface area (TPSA) is 48.0 Å². The van der Waals surface area contributed by atoms with Gasteiger partial charge < -0.3 is 19.1 Å². The predicted molar refractivity (Wildman–Crippen MR) is 103 cm³/mol. The summed E-state index contributed by atoms with van der Waals surface area (Å²) in [6.45, 7) is 1.30. The van der Waals surface area contributed by atoms with Crippen LogP contribution in [0.4, 0.5) is 0 Å². The molecule has 5 nitrogen and oxygen atoms in total. The Morgan fingerprint density at radius 1 is 1.19 bits per heavy atom. The van der Waals surface area contributed by atoms with E-state index in [-0.39, 0.29) is 24.2 Å². The maximum Gasteiger partial charge on any atom is 0.251 e. The zero-order valence-electron chi connectivity index (χ0n) is 15.5. The molecule has 3 rings (SSSR count). The first kappa shape index (κ1) is 19.8. The summed E-state index contributed by atoms with van der Waals surface area (Å²) in [6.07, 6.45) is 2.90. The molecule has 0 spiro atoms. The third-order valence-corrected chi connectivity index (χ3v) is 5.98. The van der Waals surface area contributed by atoms with Gasteiger partial charge in [0.25, 0.3) is 5.91 Å². The van der Waals surface area contributed by atoms with E-state index in [9.17, 15) is 4.79 Å². The summed E-state index contributed by atoms with van der Waals surface area (Å²) < 4.78 is 18.1. The van der Waals surface area contributed by atoms with Crippen LogP contribution in [0.5, 0.6) is 0 Å². The highest BCUT2D eigenvalue weighted by atomic mass is 79.9. The van der Waals surface area contributed by atoms with Gasteiger partial charge in [-0.15, -0.1) is 0 Å². The maximum absolute atomic E-state index is 12.4. The molecule has 1 amide bonds. The smallest absolute Gasteiger partial charge is 0.251 e. The Morgan fingerprint density at radius 3 is 2.69 bits per heavy atom. The highest BCUT2D eigenvalue weighted by molar-refractivity contribution is 9.09. The van der Waals surface area contributed by atoms with E-state index in [1.54, 1.807) is 19.0 Å². The minimum Gasteiger partial charge on any atom is -0.377 e. The summed E-state index contributed by atoms with van der Waals surface area (Å²) >= 11 is 3.71. The number of hydrogen-bond donors (Lipinski definition) is 0. The van der Waals surface area contributed by atoms with Crippen molar-refractivity contribution in [2.45, 2.75) is 61.5 Å². The number of hydrogen-bond acceptors (Lipinski definition) is 4. The summed E-state index contributed by atoms with van der Waals surface area (Å²) in [7, 11) is 3.54. The van der Waals surface area contributed by atoms with E-state index in [2.05, 4.69) is 28.1 Å². The second-order valence-electron chi connectivity index (χ2n) is 7.28. The lowest BCUT2D eigenvalue weighted by Gasteiger charge is -2.28. The molecule has 2 aliphatic heterocycles. The Morgan fingerprint density at radius 2 is 1.96 bits per heavy atom. The van der Waals surface area contributed by atoms with Crippen LogP contribution in [0.3, 0.4) is 0 Å². The summed E-state index contributed by atoms with van der Waals surface area (Å²) in [5.41, 5.74) is 1.18. The van der Waals surface area contributed by atoms with Gasteiger partial charge in [-0.2, -0.15) is 0 Å². The molecule has 0 N–H and O–H groups in total. The minimum absolute atomic E-state index is 0.0196. The Bertz CT molecular complexity index is 582.